The molecule has 0 heterocycles. The Balaban J connectivity index is 1.91. The molecule has 2 aromatic carbocycles. The van der Waals surface area contributed by atoms with Gasteiger partial charge in [0.2, 0.25) is 0 Å². The third kappa shape index (κ3) is 5.83. The zero-order valence-corrected chi connectivity index (χ0v) is 15.3. The molecule has 0 aliphatic carbocycles. The largest absolute Gasteiger partial charge is 0.504 e. The fourth-order valence-corrected chi connectivity index (χ4v) is 2.88. The zero-order valence-electron chi connectivity index (χ0n) is 14.5. The summed E-state index contributed by atoms with van der Waals surface area (Å²) in [6.07, 6.45) is 1.52. The summed E-state index contributed by atoms with van der Waals surface area (Å²) in [4.78, 5) is 13.2. The van der Waals surface area contributed by atoms with E-state index < -0.39 is 0 Å². The SMILES string of the molecule is CCOc1cc(/C=N\NC(=O)[C@H](C)Sc2ccc(C)cc2)ccc1O. The molecule has 0 saturated heterocycles. The van der Waals surface area contributed by atoms with Crippen LogP contribution in [0.15, 0.2) is 52.5 Å². The topological polar surface area (TPSA) is 70.9 Å². The number of hydrazone groups is 1. The van der Waals surface area contributed by atoms with Crippen molar-refractivity contribution < 1.29 is 14.6 Å². The number of carbonyl (C=O) groups excluding carboxylic acids is 1. The number of rotatable bonds is 7. The van der Waals surface area contributed by atoms with Crippen molar-refractivity contribution in [3.05, 3.63) is 53.6 Å². The van der Waals surface area contributed by atoms with Crippen LogP contribution >= 0.6 is 11.8 Å². The van der Waals surface area contributed by atoms with Gasteiger partial charge in [-0.2, -0.15) is 5.10 Å². The molecule has 6 heteroatoms. The van der Waals surface area contributed by atoms with Gasteiger partial charge >= 0.3 is 0 Å². The number of nitrogens with one attached hydrogen (secondary N) is 1. The third-order valence-electron chi connectivity index (χ3n) is 3.38. The maximum absolute atomic E-state index is 12.1. The summed E-state index contributed by atoms with van der Waals surface area (Å²) in [5.74, 6) is 0.290. The summed E-state index contributed by atoms with van der Waals surface area (Å²) in [6.45, 7) is 6.16. The van der Waals surface area contributed by atoms with Gasteiger partial charge in [-0.15, -0.1) is 11.8 Å². The van der Waals surface area contributed by atoms with Gasteiger partial charge < -0.3 is 9.84 Å². The fraction of sp³-hybridized carbons (Fsp3) is 0.263. The molecule has 2 rings (SSSR count). The van der Waals surface area contributed by atoms with Crippen molar-refractivity contribution in [1.29, 1.82) is 0 Å². The molecule has 2 N–H and O–H groups in total. The zero-order chi connectivity index (χ0) is 18.2. The molecule has 0 fully saturated rings. The molecule has 2 aromatic rings. The van der Waals surface area contributed by atoms with E-state index in [0.717, 1.165) is 10.5 Å². The normalized spacial score (nSPS) is 12.1. The van der Waals surface area contributed by atoms with Crippen molar-refractivity contribution >= 4 is 23.9 Å². The number of benzene rings is 2. The summed E-state index contributed by atoms with van der Waals surface area (Å²) in [5, 5.41) is 13.4. The lowest BCUT2D eigenvalue weighted by atomic mass is 10.2. The number of thioether (sulfide) groups is 1. The van der Waals surface area contributed by atoms with Crippen molar-refractivity contribution in [3.63, 3.8) is 0 Å². The number of hydrogen-bond donors (Lipinski definition) is 2. The Morgan fingerprint density at radius 1 is 1.32 bits per heavy atom. The highest BCUT2D eigenvalue weighted by atomic mass is 32.2. The minimum absolute atomic E-state index is 0.0751. The Morgan fingerprint density at radius 2 is 2.04 bits per heavy atom. The minimum Gasteiger partial charge on any atom is -0.504 e. The third-order valence-corrected chi connectivity index (χ3v) is 4.49. The van der Waals surface area contributed by atoms with E-state index in [9.17, 15) is 9.90 Å². The molecule has 25 heavy (non-hydrogen) atoms. The molecular formula is C19H22N2O3S. The van der Waals surface area contributed by atoms with Gasteiger partial charge in [0.15, 0.2) is 11.5 Å². The van der Waals surface area contributed by atoms with Crippen LogP contribution in [0, 0.1) is 6.92 Å². The predicted molar refractivity (Wildman–Crippen MR) is 102 cm³/mol. The number of ether oxygens (including phenoxy) is 1. The molecule has 0 spiro atoms. The second-order valence-corrected chi connectivity index (χ2v) is 6.88. The molecule has 0 bridgehead atoms. The Hall–Kier alpha value is -2.47. The molecule has 0 saturated carbocycles. The van der Waals surface area contributed by atoms with E-state index in [1.165, 1.54) is 29.6 Å². The minimum atomic E-state index is -0.265. The Kier molecular flexibility index (Phi) is 6.89. The number of nitrogens with zero attached hydrogens (tertiary/aromatic N) is 1. The van der Waals surface area contributed by atoms with Gasteiger partial charge in [-0.1, -0.05) is 17.7 Å². The first kappa shape index (κ1) is 18.9. The van der Waals surface area contributed by atoms with E-state index in [-0.39, 0.29) is 16.9 Å². The van der Waals surface area contributed by atoms with Crippen LogP contribution in [0.5, 0.6) is 11.5 Å². The standard InChI is InChI=1S/C19H22N2O3S/c1-4-24-18-11-15(7-10-17(18)22)12-20-21-19(23)14(3)25-16-8-5-13(2)6-9-16/h5-12,14,22H,4H2,1-3H3,(H,21,23)/b20-12-/t14-/m0/s1. The first-order chi connectivity index (χ1) is 12.0. The van der Waals surface area contributed by atoms with Crippen LogP contribution in [0.4, 0.5) is 0 Å². The monoisotopic (exact) mass is 358 g/mol. The van der Waals surface area contributed by atoms with Gasteiger partial charge in [0.25, 0.3) is 5.91 Å². The molecular weight excluding hydrogens is 336 g/mol. The summed E-state index contributed by atoms with van der Waals surface area (Å²) in [6, 6.07) is 12.9. The molecule has 5 nitrogen and oxygen atoms in total. The number of aryl methyl sites for hydroxylation is 1. The van der Waals surface area contributed by atoms with E-state index in [4.69, 9.17) is 4.74 Å². The van der Waals surface area contributed by atoms with Crippen molar-refractivity contribution in [2.75, 3.05) is 6.61 Å². The lowest BCUT2D eigenvalue weighted by Gasteiger charge is -2.09. The van der Waals surface area contributed by atoms with E-state index in [1.54, 1.807) is 12.1 Å². The predicted octanol–water partition coefficient (Wildman–Crippen LogP) is 3.73. The summed E-state index contributed by atoms with van der Waals surface area (Å²) < 4.78 is 5.32. The second-order valence-electron chi connectivity index (χ2n) is 5.47. The van der Waals surface area contributed by atoms with Gasteiger partial charge in [0.1, 0.15) is 0 Å². The van der Waals surface area contributed by atoms with Crippen molar-refractivity contribution in [2.45, 2.75) is 30.9 Å². The van der Waals surface area contributed by atoms with Gasteiger partial charge in [-0.05, 0) is 56.7 Å². The van der Waals surface area contributed by atoms with E-state index in [2.05, 4.69) is 10.5 Å². The maximum Gasteiger partial charge on any atom is 0.253 e. The molecule has 0 aromatic heterocycles. The number of carbonyl (C=O) groups is 1. The summed E-state index contributed by atoms with van der Waals surface area (Å²) in [5.41, 5.74) is 4.44. The van der Waals surface area contributed by atoms with Gasteiger partial charge in [0.05, 0.1) is 18.1 Å². The van der Waals surface area contributed by atoms with Crippen molar-refractivity contribution in [3.8, 4) is 11.5 Å². The van der Waals surface area contributed by atoms with Gasteiger partial charge in [-0.3, -0.25) is 4.79 Å². The molecule has 0 aliphatic heterocycles. The molecule has 1 atom stereocenters. The van der Waals surface area contributed by atoms with E-state index in [1.807, 2.05) is 45.0 Å². The number of hydrogen-bond acceptors (Lipinski definition) is 5. The van der Waals surface area contributed by atoms with Crippen LogP contribution in [0.3, 0.4) is 0 Å². The molecule has 0 aliphatic rings. The van der Waals surface area contributed by atoms with Gasteiger partial charge in [0, 0.05) is 4.90 Å². The average molecular weight is 358 g/mol. The summed E-state index contributed by atoms with van der Waals surface area (Å²) in [7, 11) is 0. The van der Waals surface area contributed by atoms with Gasteiger partial charge in [-0.25, -0.2) is 5.43 Å². The highest BCUT2D eigenvalue weighted by molar-refractivity contribution is 8.00. The van der Waals surface area contributed by atoms with E-state index in [0.29, 0.717) is 12.4 Å². The molecule has 0 radical (unpaired) electrons. The second kappa shape index (κ2) is 9.13. The van der Waals surface area contributed by atoms with Crippen LogP contribution < -0.4 is 10.2 Å². The quantitative estimate of drug-likeness (QED) is 0.449. The first-order valence-electron chi connectivity index (χ1n) is 8.01. The van der Waals surface area contributed by atoms with Crippen LogP contribution in [0.1, 0.15) is 25.0 Å². The Labute approximate surface area is 152 Å². The molecule has 0 unspecified atom stereocenters. The lowest BCUT2D eigenvalue weighted by molar-refractivity contribution is -0.120. The van der Waals surface area contributed by atoms with Crippen LogP contribution in [0.25, 0.3) is 0 Å². The van der Waals surface area contributed by atoms with Crippen molar-refractivity contribution in [1.82, 2.24) is 5.43 Å². The Morgan fingerprint density at radius 3 is 2.72 bits per heavy atom. The van der Waals surface area contributed by atoms with E-state index >= 15 is 0 Å². The molecule has 1 amide bonds. The lowest BCUT2D eigenvalue weighted by Crippen LogP contribution is -2.26. The number of amides is 1. The smallest absolute Gasteiger partial charge is 0.253 e. The summed E-state index contributed by atoms with van der Waals surface area (Å²) >= 11 is 1.48. The average Bonchev–Trinajstić information content (AvgIpc) is 2.59. The van der Waals surface area contributed by atoms with Crippen LogP contribution in [-0.2, 0) is 4.79 Å². The highest BCUT2D eigenvalue weighted by Gasteiger charge is 2.13. The number of phenolic OH excluding ortho intramolecular Hbond substituents is 1. The van der Waals surface area contributed by atoms with Crippen molar-refractivity contribution in [2.24, 2.45) is 5.10 Å². The van der Waals surface area contributed by atoms with Crippen LogP contribution in [-0.4, -0.2) is 29.1 Å². The molecule has 132 valence electrons. The van der Waals surface area contributed by atoms with Crippen LogP contribution in [0.2, 0.25) is 0 Å². The maximum atomic E-state index is 12.1. The number of phenols is 1. The highest BCUT2D eigenvalue weighted by Crippen LogP contribution is 2.26. The Bertz CT molecular complexity index is 745. The fourth-order valence-electron chi connectivity index (χ4n) is 2.02. The number of aromatic hydroxyl groups is 1. The first-order valence-corrected chi connectivity index (χ1v) is 8.89.